The summed E-state index contributed by atoms with van der Waals surface area (Å²) in [6, 6.07) is 10.5. The number of amides is 2. The van der Waals surface area contributed by atoms with Crippen molar-refractivity contribution < 1.29 is 22.4 Å². The molecule has 3 rings (SSSR count). The molecule has 1 heterocycles. The van der Waals surface area contributed by atoms with E-state index in [4.69, 9.17) is 11.6 Å². The molecule has 1 N–H and O–H groups in total. The van der Waals surface area contributed by atoms with E-state index in [0.717, 1.165) is 6.26 Å². The van der Waals surface area contributed by atoms with E-state index >= 15 is 0 Å². The maximum atomic E-state index is 13.7. The van der Waals surface area contributed by atoms with Crippen LogP contribution in [0, 0.1) is 11.7 Å². The Morgan fingerprint density at radius 2 is 1.84 bits per heavy atom. The third-order valence-corrected chi connectivity index (χ3v) is 6.84. The molecule has 2 aromatic carbocycles. The van der Waals surface area contributed by atoms with Gasteiger partial charge in [0.05, 0.1) is 15.5 Å². The summed E-state index contributed by atoms with van der Waals surface area (Å²) < 4.78 is 37.2. The van der Waals surface area contributed by atoms with E-state index in [0.29, 0.717) is 44.5 Å². The molecule has 31 heavy (non-hydrogen) atoms. The van der Waals surface area contributed by atoms with Crippen LogP contribution in [-0.4, -0.2) is 51.0 Å². The summed E-state index contributed by atoms with van der Waals surface area (Å²) in [4.78, 5) is 26.9. The quantitative estimate of drug-likeness (QED) is 0.709. The molecular formula is C22H24ClFN2O4S. The van der Waals surface area contributed by atoms with Gasteiger partial charge >= 0.3 is 0 Å². The lowest BCUT2D eigenvalue weighted by atomic mass is 9.95. The van der Waals surface area contributed by atoms with E-state index in [1.54, 1.807) is 23.1 Å². The number of nitrogens with one attached hydrogen (secondary N) is 1. The number of piperidine rings is 1. The van der Waals surface area contributed by atoms with Crippen LogP contribution in [0.25, 0.3) is 0 Å². The SMILES string of the molecule is CS(=O)(=O)c1ccc(Cl)c(C(=O)N2CCC(C(=O)NCCc3ccccc3F)CC2)c1. The molecule has 2 aromatic rings. The zero-order valence-corrected chi connectivity index (χ0v) is 18.7. The molecule has 0 atom stereocenters. The largest absolute Gasteiger partial charge is 0.356 e. The molecule has 166 valence electrons. The first-order valence-electron chi connectivity index (χ1n) is 9.97. The van der Waals surface area contributed by atoms with E-state index in [2.05, 4.69) is 5.32 Å². The number of likely N-dealkylation sites (tertiary alicyclic amines) is 1. The highest BCUT2D eigenvalue weighted by Gasteiger charge is 2.29. The van der Waals surface area contributed by atoms with Gasteiger partial charge in [-0.25, -0.2) is 12.8 Å². The molecule has 0 unspecified atom stereocenters. The zero-order chi connectivity index (χ0) is 22.6. The predicted octanol–water partition coefficient (Wildman–Crippen LogP) is 3.09. The molecule has 0 bridgehead atoms. The Kier molecular flexibility index (Phi) is 7.33. The van der Waals surface area contributed by atoms with E-state index < -0.39 is 9.84 Å². The molecule has 2 amide bonds. The summed E-state index contributed by atoms with van der Waals surface area (Å²) in [6.45, 7) is 1.07. The van der Waals surface area contributed by atoms with Gasteiger partial charge in [0.2, 0.25) is 5.91 Å². The molecular weight excluding hydrogens is 443 g/mol. The van der Waals surface area contributed by atoms with Crippen LogP contribution in [-0.2, 0) is 21.1 Å². The van der Waals surface area contributed by atoms with Crippen LogP contribution in [0.1, 0.15) is 28.8 Å². The van der Waals surface area contributed by atoms with Crippen molar-refractivity contribution in [3.05, 3.63) is 64.4 Å². The highest BCUT2D eigenvalue weighted by Crippen LogP contribution is 2.25. The van der Waals surface area contributed by atoms with E-state index in [1.165, 1.54) is 24.3 Å². The molecule has 0 radical (unpaired) electrons. The lowest BCUT2D eigenvalue weighted by Gasteiger charge is -2.31. The second-order valence-electron chi connectivity index (χ2n) is 7.61. The Morgan fingerprint density at radius 3 is 2.48 bits per heavy atom. The number of carbonyl (C=O) groups is 2. The minimum Gasteiger partial charge on any atom is -0.356 e. The lowest BCUT2D eigenvalue weighted by molar-refractivity contribution is -0.126. The second-order valence-corrected chi connectivity index (χ2v) is 10.0. The van der Waals surface area contributed by atoms with Crippen LogP contribution in [0.15, 0.2) is 47.4 Å². The second kappa shape index (κ2) is 9.78. The van der Waals surface area contributed by atoms with Gasteiger partial charge in [0.1, 0.15) is 5.82 Å². The van der Waals surface area contributed by atoms with Crippen LogP contribution >= 0.6 is 11.6 Å². The van der Waals surface area contributed by atoms with Gasteiger partial charge in [0, 0.05) is 31.8 Å². The third kappa shape index (κ3) is 5.83. The average molecular weight is 467 g/mol. The smallest absolute Gasteiger partial charge is 0.255 e. The summed E-state index contributed by atoms with van der Waals surface area (Å²) in [5, 5.41) is 3.03. The van der Waals surface area contributed by atoms with Gasteiger partial charge in [-0.15, -0.1) is 0 Å². The first-order valence-corrected chi connectivity index (χ1v) is 12.2. The van der Waals surface area contributed by atoms with Crippen molar-refractivity contribution in [3.8, 4) is 0 Å². The molecule has 0 saturated carbocycles. The average Bonchev–Trinajstić information content (AvgIpc) is 2.74. The van der Waals surface area contributed by atoms with Gasteiger partial charge in [0.15, 0.2) is 9.84 Å². The van der Waals surface area contributed by atoms with Crippen LogP contribution in [0.3, 0.4) is 0 Å². The molecule has 0 spiro atoms. The van der Waals surface area contributed by atoms with Crippen molar-refractivity contribution in [3.63, 3.8) is 0 Å². The number of sulfone groups is 1. The van der Waals surface area contributed by atoms with Crippen LogP contribution in [0.2, 0.25) is 5.02 Å². The number of carbonyl (C=O) groups excluding carboxylic acids is 2. The lowest BCUT2D eigenvalue weighted by Crippen LogP contribution is -2.43. The first-order chi connectivity index (χ1) is 14.7. The fraction of sp³-hybridized carbons (Fsp3) is 0.364. The van der Waals surface area contributed by atoms with E-state index in [9.17, 15) is 22.4 Å². The third-order valence-electron chi connectivity index (χ3n) is 5.40. The zero-order valence-electron chi connectivity index (χ0n) is 17.1. The number of nitrogens with zero attached hydrogens (tertiary/aromatic N) is 1. The number of hydrogen-bond acceptors (Lipinski definition) is 4. The highest BCUT2D eigenvalue weighted by atomic mass is 35.5. The molecule has 0 aliphatic carbocycles. The summed E-state index contributed by atoms with van der Waals surface area (Å²) in [6.07, 6.45) is 2.45. The number of benzene rings is 2. The number of rotatable bonds is 6. The van der Waals surface area contributed by atoms with E-state index in [1.807, 2.05) is 0 Å². The van der Waals surface area contributed by atoms with Crippen molar-refractivity contribution in [1.82, 2.24) is 10.2 Å². The molecule has 1 aliphatic heterocycles. The monoisotopic (exact) mass is 466 g/mol. The fourth-order valence-corrected chi connectivity index (χ4v) is 4.43. The summed E-state index contributed by atoms with van der Waals surface area (Å²) in [5.74, 6) is -0.987. The predicted molar refractivity (Wildman–Crippen MR) is 116 cm³/mol. The Bertz CT molecular complexity index is 1080. The molecule has 9 heteroatoms. The van der Waals surface area contributed by atoms with Crippen molar-refractivity contribution in [2.75, 3.05) is 25.9 Å². The molecule has 1 saturated heterocycles. The minimum atomic E-state index is -3.46. The fourth-order valence-electron chi connectivity index (χ4n) is 3.58. The number of hydrogen-bond donors (Lipinski definition) is 1. The van der Waals surface area contributed by atoms with Gasteiger partial charge in [-0.2, -0.15) is 0 Å². The molecule has 1 fully saturated rings. The summed E-state index contributed by atoms with van der Waals surface area (Å²) in [7, 11) is -3.46. The first kappa shape index (κ1) is 23.2. The van der Waals surface area contributed by atoms with Gasteiger partial charge in [-0.05, 0) is 49.1 Å². The molecule has 6 nitrogen and oxygen atoms in total. The van der Waals surface area contributed by atoms with Crippen LogP contribution in [0.5, 0.6) is 0 Å². The highest BCUT2D eigenvalue weighted by molar-refractivity contribution is 7.90. The van der Waals surface area contributed by atoms with Crippen molar-refractivity contribution in [1.29, 1.82) is 0 Å². The Morgan fingerprint density at radius 1 is 1.16 bits per heavy atom. The molecule has 1 aliphatic rings. The molecule has 0 aromatic heterocycles. The summed E-state index contributed by atoms with van der Waals surface area (Å²) >= 11 is 6.13. The summed E-state index contributed by atoms with van der Waals surface area (Å²) in [5.41, 5.74) is 0.689. The Labute approximate surface area is 186 Å². The Balaban J connectivity index is 1.54. The van der Waals surface area contributed by atoms with Crippen molar-refractivity contribution in [2.24, 2.45) is 5.92 Å². The van der Waals surface area contributed by atoms with Crippen molar-refractivity contribution >= 4 is 33.3 Å². The topological polar surface area (TPSA) is 83.6 Å². The van der Waals surface area contributed by atoms with Gasteiger partial charge in [-0.3, -0.25) is 9.59 Å². The standard InChI is InChI=1S/C22H24ClFN2O4S/c1-31(29,30)17-6-7-19(23)18(14-17)22(28)26-12-9-16(10-13-26)21(27)25-11-8-15-4-2-3-5-20(15)24/h2-7,14,16H,8-13H2,1H3,(H,25,27). The van der Waals surface area contributed by atoms with Crippen LogP contribution in [0.4, 0.5) is 4.39 Å². The minimum absolute atomic E-state index is 0.0318. The van der Waals surface area contributed by atoms with E-state index in [-0.39, 0.29) is 39.0 Å². The number of halogens is 2. The van der Waals surface area contributed by atoms with Gasteiger partial charge in [0.25, 0.3) is 5.91 Å². The van der Waals surface area contributed by atoms with Gasteiger partial charge < -0.3 is 10.2 Å². The normalized spacial score (nSPS) is 15.0. The van der Waals surface area contributed by atoms with Crippen LogP contribution < -0.4 is 5.32 Å². The maximum absolute atomic E-state index is 13.7. The maximum Gasteiger partial charge on any atom is 0.255 e. The van der Waals surface area contributed by atoms with Crippen molar-refractivity contribution in [2.45, 2.75) is 24.2 Å². The Hall–Kier alpha value is -2.45. The van der Waals surface area contributed by atoms with Gasteiger partial charge in [-0.1, -0.05) is 29.8 Å².